The molecule has 2 aromatic rings. The van der Waals surface area contributed by atoms with Crippen LogP contribution in [0.15, 0.2) is 22.8 Å². The van der Waals surface area contributed by atoms with Crippen molar-refractivity contribution in [2.24, 2.45) is 0 Å². The molecule has 26 heavy (non-hydrogen) atoms. The first kappa shape index (κ1) is 17.9. The van der Waals surface area contributed by atoms with Crippen LogP contribution in [-0.4, -0.2) is 63.4 Å². The largest absolute Gasteiger partial charge is 0.459 e. The maximum atomic E-state index is 12.6. The predicted molar refractivity (Wildman–Crippen MR) is 92.9 cm³/mol. The third-order valence-electron chi connectivity index (χ3n) is 4.67. The molecule has 0 atom stereocenters. The third kappa shape index (κ3) is 3.40. The molecule has 0 N–H and O–H groups in total. The molecule has 0 aliphatic carbocycles. The Morgan fingerprint density at radius 3 is 2.31 bits per heavy atom. The fourth-order valence-corrected chi connectivity index (χ4v) is 3.30. The molecule has 8 heteroatoms. The van der Waals surface area contributed by atoms with Gasteiger partial charge in [-0.2, -0.15) is 5.10 Å². The summed E-state index contributed by atoms with van der Waals surface area (Å²) in [6, 6.07) is 3.31. The van der Waals surface area contributed by atoms with Gasteiger partial charge in [-0.1, -0.05) is 0 Å². The quantitative estimate of drug-likeness (QED) is 0.768. The molecule has 3 heterocycles. The zero-order valence-corrected chi connectivity index (χ0v) is 15.2. The minimum Gasteiger partial charge on any atom is -0.459 e. The van der Waals surface area contributed by atoms with Crippen molar-refractivity contribution in [1.29, 1.82) is 0 Å². The van der Waals surface area contributed by atoms with E-state index >= 15 is 0 Å². The summed E-state index contributed by atoms with van der Waals surface area (Å²) in [5.41, 5.74) is 1.92. The van der Waals surface area contributed by atoms with Crippen molar-refractivity contribution in [2.45, 2.75) is 27.3 Å². The van der Waals surface area contributed by atoms with Gasteiger partial charge in [0.05, 0.1) is 17.5 Å². The predicted octanol–water partition coefficient (Wildman–Crippen LogP) is 1.28. The molecule has 138 valence electrons. The molecule has 3 rings (SSSR count). The van der Waals surface area contributed by atoms with Crippen LogP contribution in [0.2, 0.25) is 0 Å². The Bertz CT molecular complexity index is 830. The highest BCUT2D eigenvalue weighted by molar-refractivity contribution is 5.96. The Labute approximate surface area is 151 Å². The van der Waals surface area contributed by atoms with Crippen LogP contribution in [0.5, 0.6) is 0 Å². The van der Waals surface area contributed by atoms with Crippen molar-refractivity contribution < 1.29 is 18.8 Å². The van der Waals surface area contributed by atoms with Gasteiger partial charge in [0.25, 0.3) is 5.91 Å². The van der Waals surface area contributed by atoms with Crippen molar-refractivity contribution in [3.8, 4) is 0 Å². The summed E-state index contributed by atoms with van der Waals surface area (Å²) < 4.78 is 6.72. The topological polar surface area (TPSA) is 88.7 Å². The van der Waals surface area contributed by atoms with Gasteiger partial charge in [0.2, 0.25) is 5.91 Å². The highest BCUT2D eigenvalue weighted by Gasteiger charge is 2.27. The van der Waals surface area contributed by atoms with Crippen LogP contribution in [0.1, 0.15) is 39.2 Å². The first-order chi connectivity index (χ1) is 12.4. The van der Waals surface area contributed by atoms with Gasteiger partial charge >= 0.3 is 0 Å². The smallest absolute Gasteiger partial charge is 0.289 e. The van der Waals surface area contributed by atoms with Gasteiger partial charge in [-0.3, -0.25) is 19.1 Å². The number of ketones is 1. The van der Waals surface area contributed by atoms with Gasteiger partial charge < -0.3 is 14.2 Å². The number of hydrogen-bond donors (Lipinski definition) is 0. The monoisotopic (exact) mass is 358 g/mol. The number of aryl methyl sites for hydroxylation is 1. The summed E-state index contributed by atoms with van der Waals surface area (Å²) in [5, 5.41) is 4.31. The van der Waals surface area contributed by atoms with Crippen LogP contribution in [0.4, 0.5) is 0 Å². The first-order valence-electron chi connectivity index (χ1n) is 8.54. The fraction of sp³-hybridized carbons (Fsp3) is 0.444. The molecule has 0 aromatic carbocycles. The lowest BCUT2D eigenvalue weighted by molar-refractivity contribution is -0.133. The zero-order chi connectivity index (χ0) is 18.8. The Morgan fingerprint density at radius 1 is 1.12 bits per heavy atom. The highest BCUT2D eigenvalue weighted by Crippen LogP contribution is 2.15. The van der Waals surface area contributed by atoms with Crippen LogP contribution in [0.25, 0.3) is 0 Å². The summed E-state index contributed by atoms with van der Waals surface area (Å²) in [6.45, 7) is 6.99. The first-order valence-corrected chi connectivity index (χ1v) is 8.54. The standard InChI is InChI=1S/C18H22N4O4/c1-12-17(14(3)23)13(2)22(19-12)11-16(24)20-6-8-21(9-7-20)18(25)15-5-4-10-26-15/h4-5,10H,6-9,11H2,1-3H3. The Hall–Kier alpha value is -2.90. The molecule has 0 saturated carbocycles. The molecule has 8 nitrogen and oxygen atoms in total. The van der Waals surface area contributed by atoms with E-state index in [1.165, 1.54) is 13.2 Å². The third-order valence-corrected chi connectivity index (χ3v) is 4.67. The molecule has 0 unspecified atom stereocenters. The molecule has 0 bridgehead atoms. The SMILES string of the molecule is CC(=O)c1c(C)nn(CC(=O)N2CCN(C(=O)c3ccco3)CC2)c1C. The van der Waals surface area contributed by atoms with Gasteiger partial charge in [0.1, 0.15) is 6.54 Å². The normalized spacial score (nSPS) is 14.6. The van der Waals surface area contributed by atoms with E-state index in [0.29, 0.717) is 48.9 Å². The van der Waals surface area contributed by atoms with E-state index < -0.39 is 0 Å². The molecule has 1 fully saturated rings. The molecule has 1 aliphatic heterocycles. The Balaban J connectivity index is 1.60. The lowest BCUT2D eigenvalue weighted by Crippen LogP contribution is -2.51. The Kier molecular flexibility index (Phi) is 4.92. The molecule has 0 radical (unpaired) electrons. The second-order valence-electron chi connectivity index (χ2n) is 6.41. The molecular weight excluding hydrogens is 336 g/mol. The van der Waals surface area contributed by atoms with Gasteiger partial charge in [0, 0.05) is 31.9 Å². The number of amides is 2. The number of furan rings is 1. The maximum Gasteiger partial charge on any atom is 0.289 e. The number of carbonyl (C=O) groups excluding carboxylic acids is 3. The lowest BCUT2D eigenvalue weighted by atomic mass is 10.1. The van der Waals surface area contributed by atoms with Crippen LogP contribution in [-0.2, 0) is 11.3 Å². The number of piperazine rings is 1. The van der Waals surface area contributed by atoms with Crippen molar-refractivity contribution in [3.05, 3.63) is 41.1 Å². The van der Waals surface area contributed by atoms with Crippen LogP contribution >= 0.6 is 0 Å². The van der Waals surface area contributed by atoms with Crippen LogP contribution in [0.3, 0.4) is 0 Å². The van der Waals surface area contributed by atoms with E-state index in [-0.39, 0.29) is 24.1 Å². The van der Waals surface area contributed by atoms with Crippen molar-refractivity contribution in [1.82, 2.24) is 19.6 Å². The summed E-state index contributed by atoms with van der Waals surface area (Å²) >= 11 is 0. The van der Waals surface area contributed by atoms with Crippen LogP contribution < -0.4 is 0 Å². The molecule has 1 saturated heterocycles. The molecule has 2 aromatic heterocycles. The van der Waals surface area contributed by atoms with Crippen molar-refractivity contribution in [3.63, 3.8) is 0 Å². The van der Waals surface area contributed by atoms with Gasteiger partial charge in [-0.15, -0.1) is 0 Å². The van der Waals surface area contributed by atoms with Crippen LogP contribution in [0, 0.1) is 13.8 Å². The summed E-state index contributed by atoms with van der Waals surface area (Å²) in [7, 11) is 0. The maximum absolute atomic E-state index is 12.6. The van der Waals surface area contributed by atoms with E-state index in [2.05, 4.69) is 5.10 Å². The second-order valence-corrected chi connectivity index (χ2v) is 6.41. The van der Waals surface area contributed by atoms with Crippen molar-refractivity contribution in [2.75, 3.05) is 26.2 Å². The lowest BCUT2D eigenvalue weighted by Gasteiger charge is -2.34. The van der Waals surface area contributed by atoms with E-state index in [9.17, 15) is 14.4 Å². The van der Waals surface area contributed by atoms with Gasteiger partial charge in [-0.05, 0) is 32.9 Å². The van der Waals surface area contributed by atoms with E-state index in [1.54, 1.807) is 40.5 Å². The van der Waals surface area contributed by atoms with Crippen molar-refractivity contribution >= 4 is 17.6 Å². The molecular formula is C18H22N4O4. The number of aromatic nitrogens is 2. The number of rotatable bonds is 4. The Morgan fingerprint density at radius 2 is 1.77 bits per heavy atom. The van der Waals surface area contributed by atoms with E-state index in [0.717, 1.165) is 0 Å². The van der Waals surface area contributed by atoms with E-state index in [4.69, 9.17) is 4.42 Å². The average Bonchev–Trinajstić information content (AvgIpc) is 3.23. The minimum absolute atomic E-state index is 0.0521. The van der Waals surface area contributed by atoms with Gasteiger partial charge in [-0.25, -0.2) is 0 Å². The number of Topliss-reactive ketones (excluding diaryl/α,β-unsaturated/α-hetero) is 1. The fourth-order valence-electron chi connectivity index (χ4n) is 3.30. The zero-order valence-electron chi connectivity index (χ0n) is 15.2. The summed E-state index contributed by atoms with van der Waals surface area (Å²) in [5.74, 6) is 0.0236. The minimum atomic E-state index is -0.160. The molecule has 2 amide bonds. The number of carbonyl (C=O) groups is 3. The van der Waals surface area contributed by atoms with Gasteiger partial charge in [0.15, 0.2) is 11.5 Å². The summed E-state index contributed by atoms with van der Waals surface area (Å²) in [6.07, 6.45) is 1.47. The molecule has 1 aliphatic rings. The summed E-state index contributed by atoms with van der Waals surface area (Å²) in [4.78, 5) is 39.9. The number of hydrogen-bond acceptors (Lipinski definition) is 5. The second kappa shape index (κ2) is 7.15. The highest BCUT2D eigenvalue weighted by atomic mass is 16.3. The average molecular weight is 358 g/mol. The molecule has 0 spiro atoms. The van der Waals surface area contributed by atoms with E-state index in [1.807, 2.05) is 0 Å². The number of nitrogens with zero attached hydrogens (tertiary/aromatic N) is 4.